The Labute approximate surface area is 119 Å². The van der Waals surface area contributed by atoms with E-state index in [1.807, 2.05) is 0 Å². The Hall–Kier alpha value is -1.13. The van der Waals surface area contributed by atoms with Crippen molar-refractivity contribution in [1.82, 2.24) is 0 Å². The lowest BCUT2D eigenvalue weighted by Crippen LogP contribution is -2.52. The topological polar surface area (TPSA) is 55.8 Å². The molecule has 0 saturated heterocycles. The Morgan fingerprint density at radius 3 is 2.75 bits per heavy atom. The predicted molar refractivity (Wildman–Crippen MR) is 73.7 cm³/mol. The zero-order chi connectivity index (χ0) is 14.7. The van der Waals surface area contributed by atoms with Crippen LogP contribution < -0.4 is 0 Å². The Kier molecular flexibility index (Phi) is 2.89. The van der Waals surface area contributed by atoms with Crippen LogP contribution in [-0.2, 0) is 14.3 Å². The number of rotatable bonds is 1. The van der Waals surface area contributed by atoms with Gasteiger partial charge in [0, 0.05) is 24.7 Å². The molecule has 1 fully saturated rings. The number of aliphatic hydroxyl groups excluding tert-OH is 1. The smallest absolute Gasteiger partial charge is 0.333 e. The molecular weight excluding hydrogens is 256 g/mol. The molecule has 4 atom stereocenters. The maximum absolute atomic E-state index is 11.8. The minimum atomic E-state index is -1.12. The zero-order valence-corrected chi connectivity index (χ0v) is 12.5. The van der Waals surface area contributed by atoms with Gasteiger partial charge in [0.15, 0.2) is 0 Å². The van der Waals surface area contributed by atoms with E-state index in [0.717, 1.165) is 6.42 Å². The monoisotopic (exact) mass is 278 g/mol. The Morgan fingerprint density at radius 1 is 1.45 bits per heavy atom. The third-order valence-electron chi connectivity index (χ3n) is 5.24. The van der Waals surface area contributed by atoms with Gasteiger partial charge in [0.25, 0.3) is 0 Å². The van der Waals surface area contributed by atoms with Crippen molar-refractivity contribution in [2.24, 2.45) is 17.3 Å². The minimum Gasteiger partial charge on any atom is -0.425 e. The molecule has 3 aliphatic carbocycles. The quantitative estimate of drug-likeness (QED) is 0.590. The third-order valence-corrected chi connectivity index (χ3v) is 5.24. The fraction of sp³-hybridized carbons (Fsp3) is 0.688. The van der Waals surface area contributed by atoms with Crippen LogP contribution in [0.15, 0.2) is 23.3 Å². The number of carbonyl (C=O) groups excluding carboxylic acids is 1. The van der Waals surface area contributed by atoms with E-state index in [4.69, 9.17) is 9.47 Å². The SMILES string of the molecule is CO[C@]12OC(=O)C=C1[C@@H](O)C[C@@H]1C(C)=C[C@H]2CC1(C)C. The second-order valence-electron chi connectivity index (χ2n) is 6.91. The lowest BCUT2D eigenvalue weighted by molar-refractivity contribution is -0.219. The first-order valence-corrected chi connectivity index (χ1v) is 7.17. The van der Waals surface area contributed by atoms with Gasteiger partial charge in [0.05, 0.1) is 6.10 Å². The first kappa shape index (κ1) is 13.8. The summed E-state index contributed by atoms with van der Waals surface area (Å²) >= 11 is 0. The van der Waals surface area contributed by atoms with Gasteiger partial charge >= 0.3 is 5.97 Å². The number of aliphatic hydroxyl groups is 1. The zero-order valence-electron chi connectivity index (χ0n) is 12.5. The van der Waals surface area contributed by atoms with Crippen molar-refractivity contribution < 1.29 is 19.4 Å². The normalized spacial score (nSPS) is 42.2. The highest BCUT2D eigenvalue weighted by Gasteiger charge is 2.57. The molecule has 1 saturated carbocycles. The average molecular weight is 278 g/mol. The predicted octanol–water partition coefficient (Wildman–Crippen LogP) is 2.19. The lowest BCUT2D eigenvalue weighted by atomic mass is 9.59. The first-order valence-electron chi connectivity index (χ1n) is 7.17. The molecule has 4 aliphatic rings. The van der Waals surface area contributed by atoms with Crippen LogP contribution in [0.5, 0.6) is 0 Å². The second kappa shape index (κ2) is 4.18. The minimum absolute atomic E-state index is 0.0496. The highest BCUT2D eigenvalue weighted by Crippen LogP contribution is 2.55. The fourth-order valence-corrected chi connectivity index (χ4v) is 4.31. The molecule has 4 heteroatoms. The molecule has 0 aromatic heterocycles. The van der Waals surface area contributed by atoms with E-state index in [1.54, 1.807) is 7.11 Å². The number of ether oxygens (including phenoxy) is 2. The molecule has 4 rings (SSSR count). The standard InChI is InChI=1S/C16H22O4/c1-9-5-10-8-15(2,3)11(9)6-13(17)12-7-14(18)20-16(10,12)19-4/h5,7,10-11,13,17H,6,8H2,1-4H3/t10-,11+,13-,16+/m0/s1. The van der Waals surface area contributed by atoms with Crippen LogP contribution in [0.4, 0.5) is 0 Å². The van der Waals surface area contributed by atoms with Crippen LogP contribution in [0.3, 0.4) is 0 Å². The molecule has 0 amide bonds. The number of hydrogen-bond donors (Lipinski definition) is 1. The highest BCUT2D eigenvalue weighted by atomic mass is 16.7. The summed E-state index contributed by atoms with van der Waals surface area (Å²) in [6, 6.07) is 0. The van der Waals surface area contributed by atoms with Crippen LogP contribution in [0, 0.1) is 17.3 Å². The number of carbonyl (C=O) groups is 1. The molecule has 110 valence electrons. The van der Waals surface area contributed by atoms with Gasteiger partial charge in [0.1, 0.15) is 0 Å². The van der Waals surface area contributed by atoms with E-state index in [-0.39, 0.29) is 11.3 Å². The molecule has 0 radical (unpaired) electrons. The third kappa shape index (κ3) is 1.71. The molecule has 2 bridgehead atoms. The van der Waals surface area contributed by atoms with Crippen molar-refractivity contribution in [3.8, 4) is 0 Å². The summed E-state index contributed by atoms with van der Waals surface area (Å²) in [5.74, 6) is -1.28. The number of hydrogen-bond acceptors (Lipinski definition) is 4. The summed E-state index contributed by atoms with van der Waals surface area (Å²) in [5.41, 5.74) is 1.89. The maximum atomic E-state index is 11.8. The average Bonchev–Trinajstić information content (AvgIpc) is 2.70. The van der Waals surface area contributed by atoms with Gasteiger partial charge in [-0.25, -0.2) is 4.79 Å². The van der Waals surface area contributed by atoms with E-state index in [0.29, 0.717) is 17.9 Å². The number of fused-ring (bicyclic) bond motifs is 2. The van der Waals surface area contributed by atoms with Gasteiger partial charge in [-0.2, -0.15) is 0 Å². The van der Waals surface area contributed by atoms with E-state index in [1.165, 1.54) is 11.6 Å². The molecule has 20 heavy (non-hydrogen) atoms. The summed E-state index contributed by atoms with van der Waals surface area (Å²) < 4.78 is 11.2. The Bertz CT molecular complexity index is 517. The van der Waals surface area contributed by atoms with Crippen LogP contribution >= 0.6 is 0 Å². The van der Waals surface area contributed by atoms with Gasteiger partial charge in [0.2, 0.25) is 5.79 Å². The molecule has 1 N–H and O–H groups in total. The molecule has 0 unspecified atom stereocenters. The maximum Gasteiger partial charge on any atom is 0.333 e. The molecule has 4 nitrogen and oxygen atoms in total. The van der Waals surface area contributed by atoms with Gasteiger partial charge in [-0.15, -0.1) is 0 Å². The molecular formula is C16H22O4. The molecule has 0 spiro atoms. The van der Waals surface area contributed by atoms with Crippen LogP contribution in [0.2, 0.25) is 0 Å². The van der Waals surface area contributed by atoms with Gasteiger partial charge < -0.3 is 14.6 Å². The number of allylic oxidation sites excluding steroid dienone is 1. The molecule has 0 aromatic rings. The van der Waals surface area contributed by atoms with Crippen LogP contribution in [0.1, 0.15) is 33.6 Å². The summed E-state index contributed by atoms with van der Waals surface area (Å²) in [6.45, 7) is 6.52. The van der Waals surface area contributed by atoms with Gasteiger partial charge in [-0.3, -0.25) is 0 Å². The molecule has 0 aromatic carbocycles. The summed E-state index contributed by atoms with van der Waals surface area (Å²) in [5, 5.41) is 10.6. The van der Waals surface area contributed by atoms with Crippen molar-refractivity contribution in [1.29, 1.82) is 0 Å². The van der Waals surface area contributed by atoms with E-state index in [9.17, 15) is 9.90 Å². The van der Waals surface area contributed by atoms with Crippen LogP contribution in [-0.4, -0.2) is 30.1 Å². The Morgan fingerprint density at radius 2 is 2.15 bits per heavy atom. The van der Waals surface area contributed by atoms with Crippen LogP contribution in [0.25, 0.3) is 0 Å². The van der Waals surface area contributed by atoms with Gasteiger partial charge in [-0.1, -0.05) is 25.5 Å². The summed E-state index contributed by atoms with van der Waals surface area (Å²) in [6.07, 6.45) is 4.36. The van der Waals surface area contributed by atoms with Crippen molar-refractivity contribution in [2.45, 2.75) is 45.5 Å². The highest BCUT2D eigenvalue weighted by molar-refractivity contribution is 5.87. The largest absolute Gasteiger partial charge is 0.425 e. The first-order chi connectivity index (χ1) is 9.30. The molecule has 1 aliphatic heterocycles. The number of methoxy groups -OCH3 is 1. The molecule has 1 heterocycles. The summed E-state index contributed by atoms with van der Waals surface area (Å²) in [7, 11) is 1.54. The second-order valence-corrected chi connectivity index (χ2v) is 6.91. The van der Waals surface area contributed by atoms with E-state index >= 15 is 0 Å². The number of esters is 1. The van der Waals surface area contributed by atoms with Gasteiger partial charge in [-0.05, 0) is 31.1 Å². The van der Waals surface area contributed by atoms with Crippen molar-refractivity contribution in [2.75, 3.05) is 7.11 Å². The Balaban J connectivity index is 2.17. The van der Waals surface area contributed by atoms with Crippen molar-refractivity contribution in [3.05, 3.63) is 23.3 Å². The van der Waals surface area contributed by atoms with Crippen molar-refractivity contribution in [3.63, 3.8) is 0 Å². The lowest BCUT2D eigenvalue weighted by Gasteiger charge is -2.50. The summed E-state index contributed by atoms with van der Waals surface area (Å²) in [4.78, 5) is 11.8. The van der Waals surface area contributed by atoms with Crippen molar-refractivity contribution >= 4 is 5.97 Å². The fourth-order valence-electron chi connectivity index (χ4n) is 4.31. The van der Waals surface area contributed by atoms with E-state index < -0.39 is 17.9 Å². The van der Waals surface area contributed by atoms with E-state index in [2.05, 4.69) is 26.8 Å².